The highest BCUT2D eigenvalue weighted by atomic mass is 19.4. The molecule has 1 aliphatic heterocycles. The minimum absolute atomic E-state index is 0.0115. The molecule has 1 saturated carbocycles. The Morgan fingerprint density at radius 2 is 1.96 bits per heavy atom. The van der Waals surface area contributed by atoms with Crippen molar-refractivity contribution in [3.05, 3.63) is 65.2 Å². The van der Waals surface area contributed by atoms with Crippen molar-refractivity contribution in [2.45, 2.75) is 36.9 Å². The highest BCUT2D eigenvalue weighted by Crippen LogP contribution is 2.49. The third-order valence-corrected chi connectivity index (χ3v) is 5.49. The molecular weight excluding hydrogens is 367 g/mol. The first-order chi connectivity index (χ1) is 13.4. The van der Waals surface area contributed by atoms with Crippen molar-refractivity contribution < 1.29 is 17.9 Å². The first-order valence-electron chi connectivity index (χ1n) is 9.33. The number of nitrogens with zero attached hydrogens (tertiary/aromatic N) is 1. The zero-order valence-electron chi connectivity index (χ0n) is 15.3. The number of benzene rings is 2. The molecule has 7 heteroatoms. The quantitative estimate of drug-likeness (QED) is 0.610. The summed E-state index contributed by atoms with van der Waals surface area (Å²) in [4.78, 5) is 4.45. The molecule has 1 heterocycles. The molecule has 1 atom stereocenters. The SMILES string of the molecule is NC(=NCC1(c2cccc(C(F)(F)F)c2)CC1)NC1CCOc2ccccc21. The van der Waals surface area contributed by atoms with E-state index in [0.29, 0.717) is 24.7 Å². The number of aliphatic imine (C=N–C) groups is 1. The van der Waals surface area contributed by atoms with Gasteiger partial charge in [-0.2, -0.15) is 13.2 Å². The van der Waals surface area contributed by atoms with Crippen molar-refractivity contribution in [3.63, 3.8) is 0 Å². The van der Waals surface area contributed by atoms with Crippen LogP contribution < -0.4 is 15.8 Å². The van der Waals surface area contributed by atoms with Crippen molar-refractivity contribution in [1.29, 1.82) is 0 Å². The largest absolute Gasteiger partial charge is 0.493 e. The Bertz CT molecular complexity index is 890. The lowest BCUT2D eigenvalue weighted by atomic mass is 9.94. The summed E-state index contributed by atoms with van der Waals surface area (Å²) in [6.07, 6.45) is -1.95. The van der Waals surface area contributed by atoms with Gasteiger partial charge >= 0.3 is 6.18 Å². The maximum atomic E-state index is 13.0. The van der Waals surface area contributed by atoms with Crippen molar-refractivity contribution in [3.8, 4) is 5.75 Å². The molecule has 3 N–H and O–H groups in total. The standard InChI is InChI=1S/C21H22F3N3O/c22-21(23,24)15-5-3-4-14(12-15)20(9-10-20)13-26-19(25)27-17-8-11-28-18-7-2-1-6-16(17)18/h1-7,12,17H,8-11,13H2,(H3,25,26,27). The van der Waals surface area contributed by atoms with Gasteiger partial charge in [-0.1, -0.05) is 36.4 Å². The Hall–Kier alpha value is -2.70. The maximum absolute atomic E-state index is 13.0. The second-order valence-corrected chi connectivity index (χ2v) is 7.43. The average Bonchev–Trinajstić information content (AvgIpc) is 3.48. The molecule has 2 aromatic carbocycles. The van der Waals surface area contributed by atoms with E-state index in [4.69, 9.17) is 10.5 Å². The monoisotopic (exact) mass is 389 g/mol. The van der Waals surface area contributed by atoms with Gasteiger partial charge in [0.2, 0.25) is 0 Å². The molecule has 1 fully saturated rings. The van der Waals surface area contributed by atoms with E-state index in [2.05, 4.69) is 10.3 Å². The van der Waals surface area contributed by atoms with Gasteiger partial charge in [0.1, 0.15) is 5.75 Å². The first-order valence-corrected chi connectivity index (χ1v) is 9.33. The van der Waals surface area contributed by atoms with Crippen molar-refractivity contribution >= 4 is 5.96 Å². The predicted octanol–water partition coefficient (Wildman–Crippen LogP) is 4.17. The number of hydrogen-bond acceptors (Lipinski definition) is 2. The number of hydrogen-bond donors (Lipinski definition) is 2. The Labute approximate surface area is 161 Å². The van der Waals surface area contributed by atoms with Crippen LogP contribution in [0.5, 0.6) is 5.75 Å². The van der Waals surface area contributed by atoms with Crippen LogP contribution in [0.1, 0.15) is 42.0 Å². The van der Waals surface area contributed by atoms with Gasteiger partial charge in [0.15, 0.2) is 5.96 Å². The summed E-state index contributed by atoms with van der Waals surface area (Å²) < 4.78 is 44.7. The number of nitrogens with one attached hydrogen (secondary N) is 1. The molecule has 2 aromatic rings. The molecule has 0 aromatic heterocycles. The van der Waals surface area contributed by atoms with E-state index in [0.717, 1.165) is 36.6 Å². The molecule has 2 aliphatic rings. The molecule has 0 bridgehead atoms. The Balaban J connectivity index is 1.46. The van der Waals surface area contributed by atoms with E-state index >= 15 is 0 Å². The first kappa shape index (κ1) is 18.7. The third-order valence-electron chi connectivity index (χ3n) is 5.49. The van der Waals surface area contributed by atoms with Gasteiger partial charge in [-0.15, -0.1) is 0 Å². The molecule has 4 rings (SSSR count). The van der Waals surface area contributed by atoms with Gasteiger partial charge in [0, 0.05) is 17.4 Å². The lowest BCUT2D eigenvalue weighted by Crippen LogP contribution is -2.38. The summed E-state index contributed by atoms with van der Waals surface area (Å²) in [5.41, 5.74) is 6.84. The smallest absolute Gasteiger partial charge is 0.416 e. The predicted molar refractivity (Wildman–Crippen MR) is 101 cm³/mol. The summed E-state index contributed by atoms with van der Waals surface area (Å²) in [6.45, 7) is 0.966. The van der Waals surface area contributed by atoms with Gasteiger partial charge in [-0.3, -0.25) is 4.99 Å². The number of rotatable bonds is 4. The van der Waals surface area contributed by atoms with Gasteiger partial charge in [-0.25, -0.2) is 0 Å². The molecule has 0 radical (unpaired) electrons. The minimum Gasteiger partial charge on any atom is -0.493 e. The molecule has 1 aliphatic carbocycles. The van der Waals surface area contributed by atoms with Crippen LogP contribution in [0.25, 0.3) is 0 Å². The lowest BCUT2D eigenvalue weighted by Gasteiger charge is -2.27. The number of nitrogens with two attached hydrogens (primary N) is 1. The van der Waals surface area contributed by atoms with Crippen LogP contribution in [0.15, 0.2) is 53.5 Å². The van der Waals surface area contributed by atoms with E-state index < -0.39 is 11.7 Å². The second-order valence-electron chi connectivity index (χ2n) is 7.43. The number of fused-ring (bicyclic) bond motifs is 1. The number of halogens is 3. The van der Waals surface area contributed by atoms with E-state index in [9.17, 15) is 13.2 Å². The fourth-order valence-corrected chi connectivity index (χ4v) is 3.67. The minimum atomic E-state index is -4.34. The third kappa shape index (κ3) is 3.79. The van der Waals surface area contributed by atoms with Crippen molar-refractivity contribution in [2.24, 2.45) is 10.7 Å². The highest BCUT2D eigenvalue weighted by molar-refractivity contribution is 5.78. The van der Waals surface area contributed by atoms with Gasteiger partial charge in [0.05, 0.1) is 24.8 Å². The fourth-order valence-electron chi connectivity index (χ4n) is 3.67. The highest BCUT2D eigenvalue weighted by Gasteiger charge is 2.45. The summed E-state index contributed by atoms with van der Waals surface area (Å²) in [6, 6.07) is 13.3. The van der Waals surface area contributed by atoms with Crippen LogP contribution in [0.4, 0.5) is 13.2 Å². The summed E-state index contributed by atoms with van der Waals surface area (Å²) in [5, 5.41) is 3.23. The summed E-state index contributed by atoms with van der Waals surface area (Å²) in [7, 11) is 0. The zero-order chi connectivity index (χ0) is 19.8. The van der Waals surface area contributed by atoms with Crippen LogP contribution in [-0.2, 0) is 11.6 Å². The van der Waals surface area contributed by atoms with Gasteiger partial charge in [0.25, 0.3) is 0 Å². The van der Waals surface area contributed by atoms with Crippen LogP contribution in [-0.4, -0.2) is 19.1 Å². The molecule has 0 amide bonds. The van der Waals surface area contributed by atoms with E-state index in [1.165, 1.54) is 12.1 Å². The van der Waals surface area contributed by atoms with Crippen LogP contribution in [0, 0.1) is 0 Å². The lowest BCUT2D eigenvalue weighted by molar-refractivity contribution is -0.137. The normalized spacial score (nSPS) is 20.8. The number of alkyl halides is 3. The topological polar surface area (TPSA) is 59.6 Å². The molecule has 1 unspecified atom stereocenters. The number of guanidine groups is 1. The van der Waals surface area contributed by atoms with Gasteiger partial charge in [-0.05, 0) is 30.5 Å². The molecule has 28 heavy (non-hydrogen) atoms. The fraction of sp³-hybridized carbons (Fsp3) is 0.381. The van der Waals surface area contributed by atoms with E-state index in [1.54, 1.807) is 6.07 Å². The van der Waals surface area contributed by atoms with Crippen LogP contribution in [0.2, 0.25) is 0 Å². The average molecular weight is 389 g/mol. The van der Waals surface area contributed by atoms with Crippen LogP contribution >= 0.6 is 0 Å². The molecule has 148 valence electrons. The van der Waals surface area contributed by atoms with Crippen LogP contribution in [0.3, 0.4) is 0 Å². The van der Waals surface area contributed by atoms with Crippen molar-refractivity contribution in [1.82, 2.24) is 5.32 Å². The Morgan fingerprint density at radius 3 is 2.71 bits per heavy atom. The summed E-state index contributed by atoms with van der Waals surface area (Å²) >= 11 is 0. The zero-order valence-corrected chi connectivity index (χ0v) is 15.3. The van der Waals surface area contributed by atoms with E-state index in [1.807, 2.05) is 24.3 Å². The molecule has 4 nitrogen and oxygen atoms in total. The number of para-hydroxylation sites is 1. The second kappa shape index (κ2) is 7.04. The van der Waals surface area contributed by atoms with Gasteiger partial charge < -0.3 is 15.8 Å². The maximum Gasteiger partial charge on any atom is 0.416 e. The Kier molecular flexibility index (Phi) is 4.69. The molecular formula is C21H22F3N3O. The number of ether oxygens (including phenoxy) is 1. The molecule has 0 saturated heterocycles. The van der Waals surface area contributed by atoms with E-state index in [-0.39, 0.29) is 11.5 Å². The van der Waals surface area contributed by atoms with Crippen molar-refractivity contribution in [2.75, 3.05) is 13.2 Å². The molecule has 0 spiro atoms. The Morgan fingerprint density at radius 1 is 1.18 bits per heavy atom. The summed E-state index contributed by atoms with van der Waals surface area (Å²) in [5.74, 6) is 1.14.